The maximum Gasteiger partial charge on any atom is 0.142 e. The van der Waals surface area contributed by atoms with Crippen LogP contribution in [0.15, 0.2) is 24.3 Å². The molecule has 0 aromatic heterocycles. The number of nitrogens with zero attached hydrogens (tertiary/aromatic N) is 1. The van der Waals surface area contributed by atoms with Gasteiger partial charge in [0, 0.05) is 38.0 Å². The summed E-state index contributed by atoms with van der Waals surface area (Å²) in [6, 6.07) is 6.20. The predicted molar refractivity (Wildman–Crippen MR) is 92.4 cm³/mol. The number of hydrogen-bond donors (Lipinski definition) is 2. The second kappa shape index (κ2) is 8.69. The van der Waals surface area contributed by atoms with Gasteiger partial charge in [-0.05, 0) is 25.0 Å². The van der Waals surface area contributed by atoms with E-state index in [0.717, 1.165) is 43.8 Å². The van der Waals surface area contributed by atoms with Crippen LogP contribution in [0.3, 0.4) is 0 Å². The number of aliphatic hydroxyl groups excluding tert-OH is 1. The summed E-state index contributed by atoms with van der Waals surface area (Å²) < 4.78 is 5.49. The Labute approximate surface area is 133 Å². The third-order valence-electron chi connectivity index (χ3n) is 4.11. The molecule has 2 rings (SSSR count). The molecule has 0 bridgehead atoms. The zero-order chi connectivity index (χ0) is 15.8. The van der Waals surface area contributed by atoms with Gasteiger partial charge in [-0.3, -0.25) is 0 Å². The van der Waals surface area contributed by atoms with Gasteiger partial charge in [-0.25, -0.2) is 0 Å². The average Bonchev–Trinajstić information content (AvgIpc) is 2.55. The highest BCUT2D eigenvalue weighted by atomic mass is 16.5. The molecule has 0 amide bonds. The average molecular weight is 304 g/mol. The minimum Gasteiger partial charge on any atom is -0.495 e. The van der Waals surface area contributed by atoms with Crippen molar-refractivity contribution >= 4 is 11.4 Å². The third-order valence-corrected chi connectivity index (χ3v) is 4.11. The lowest BCUT2D eigenvalue weighted by atomic mass is 10.0. The van der Waals surface area contributed by atoms with Crippen molar-refractivity contribution in [3.8, 4) is 5.75 Å². The van der Waals surface area contributed by atoms with E-state index in [1.807, 2.05) is 12.1 Å². The van der Waals surface area contributed by atoms with Gasteiger partial charge >= 0.3 is 0 Å². The fourth-order valence-electron chi connectivity index (χ4n) is 2.89. The minimum absolute atomic E-state index is 0.317. The Morgan fingerprint density at radius 2 is 1.95 bits per heavy atom. The van der Waals surface area contributed by atoms with Crippen molar-refractivity contribution in [2.24, 2.45) is 0 Å². The van der Waals surface area contributed by atoms with Gasteiger partial charge in [0.1, 0.15) is 5.75 Å². The number of likely N-dealkylation sites (N-methyl/N-ethyl adjacent to an activating group) is 1. The van der Waals surface area contributed by atoms with E-state index in [1.165, 1.54) is 24.1 Å². The molecule has 0 fully saturated rings. The summed E-state index contributed by atoms with van der Waals surface area (Å²) in [6.07, 6.45) is 7.88. The van der Waals surface area contributed by atoms with Crippen molar-refractivity contribution in [1.29, 1.82) is 0 Å². The maximum atomic E-state index is 8.76. The maximum absolute atomic E-state index is 8.76. The number of unbranched alkanes of at least 4 members (excludes halogenated alkanes) is 4. The van der Waals surface area contributed by atoms with Gasteiger partial charge in [0.05, 0.1) is 12.8 Å². The molecule has 0 aliphatic carbocycles. The van der Waals surface area contributed by atoms with E-state index in [-0.39, 0.29) is 0 Å². The lowest BCUT2D eigenvalue weighted by molar-refractivity contribution is 0.282. The first-order valence-corrected chi connectivity index (χ1v) is 8.21. The number of ether oxygens (including phenoxy) is 1. The second-order valence-corrected chi connectivity index (χ2v) is 5.77. The van der Waals surface area contributed by atoms with Crippen molar-refractivity contribution in [3.05, 3.63) is 29.8 Å². The fraction of sp³-hybridized carbons (Fsp3) is 0.556. The van der Waals surface area contributed by atoms with Crippen molar-refractivity contribution in [1.82, 2.24) is 5.32 Å². The zero-order valence-electron chi connectivity index (χ0n) is 13.8. The van der Waals surface area contributed by atoms with Crippen LogP contribution in [0.2, 0.25) is 0 Å². The number of methoxy groups -OCH3 is 1. The SMILES string of the molecule is COc1cccc2c1N(C)CC=C2NCCCCCCCO. The van der Waals surface area contributed by atoms with E-state index in [1.54, 1.807) is 7.11 Å². The first kappa shape index (κ1) is 16.7. The van der Waals surface area contributed by atoms with Crippen LogP contribution in [0, 0.1) is 0 Å². The molecule has 122 valence electrons. The Morgan fingerprint density at radius 3 is 2.73 bits per heavy atom. The molecule has 1 aliphatic heterocycles. The van der Waals surface area contributed by atoms with Gasteiger partial charge < -0.3 is 20.1 Å². The first-order valence-electron chi connectivity index (χ1n) is 8.21. The third kappa shape index (κ3) is 4.17. The molecule has 0 atom stereocenters. The summed E-state index contributed by atoms with van der Waals surface area (Å²) in [5.41, 5.74) is 3.59. The molecular weight excluding hydrogens is 276 g/mol. The Bertz CT molecular complexity index is 500. The van der Waals surface area contributed by atoms with Crippen LogP contribution < -0.4 is 15.0 Å². The zero-order valence-corrected chi connectivity index (χ0v) is 13.8. The fourth-order valence-corrected chi connectivity index (χ4v) is 2.89. The predicted octanol–water partition coefficient (Wildman–Crippen LogP) is 3.02. The molecule has 1 heterocycles. The highest BCUT2D eigenvalue weighted by Crippen LogP contribution is 2.37. The van der Waals surface area contributed by atoms with Crippen molar-refractivity contribution in [3.63, 3.8) is 0 Å². The van der Waals surface area contributed by atoms with Gasteiger partial charge in [0.15, 0.2) is 0 Å². The second-order valence-electron chi connectivity index (χ2n) is 5.77. The first-order chi connectivity index (χ1) is 10.8. The highest BCUT2D eigenvalue weighted by molar-refractivity contribution is 5.82. The Kier molecular flexibility index (Phi) is 6.59. The molecule has 0 saturated carbocycles. The molecule has 4 heteroatoms. The minimum atomic E-state index is 0.317. The van der Waals surface area contributed by atoms with Crippen LogP contribution in [0.5, 0.6) is 5.75 Å². The quantitative estimate of drug-likeness (QED) is 0.688. The Hall–Kier alpha value is -1.68. The van der Waals surface area contributed by atoms with E-state index in [4.69, 9.17) is 9.84 Å². The van der Waals surface area contributed by atoms with Gasteiger partial charge in [0.2, 0.25) is 0 Å². The largest absolute Gasteiger partial charge is 0.495 e. The molecule has 1 aliphatic rings. The van der Waals surface area contributed by atoms with Crippen LogP contribution in [0.1, 0.15) is 37.7 Å². The molecule has 0 saturated heterocycles. The van der Waals surface area contributed by atoms with Crippen LogP contribution in [0.4, 0.5) is 5.69 Å². The van der Waals surface area contributed by atoms with E-state index in [2.05, 4.69) is 29.4 Å². The molecule has 1 aromatic carbocycles. The molecule has 0 radical (unpaired) electrons. The summed E-state index contributed by atoms with van der Waals surface area (Å²) >= 11 is 0. The number of hydrogen-bond acceptors (Lipinski definition) is 4. The molecule has 0 spiro atoms. The van der Waals surface area contributed by atoms with Gasteiger partial charge in [-0.15, -0.1) is 0 Å². The standard InChI is InChI=1S/C18H28N2O2/c1-20-13-11-16(19-12-6-4-3-5-7-14-21)15-9-8-10-17(22-2)18(15)20/h8-11,19,21H,3-7,12-14H2,1-2H3. The summed E-state index contributed by atoms with van der Waals surface area (Å²) in [6.45, 7) is 2.20. The van der Waals surface area contributed by atoms with E-state index < -0.39 is 0 Å². The van der Waals surface area contributed by atoms with E-state index >= 15 is 0 Å². The smallest absolute Gasteiger partial charge is 0.142 e. The lowest BCUT2D eigenvalue weighted by Gasteiger charge is -2.29. The molecular formula is C18H28N2O2. The summed E-state index contributed by atoms with van der Waals surface area (Å²) in [5, 5.41) is 12.3. The van der Waals surface area contributed by atoms with Gasteiger partial charge in [-0.1, -0.05) is 31.4 Å². The Morgan fingerprint density at radius 1 is 1.18 bits per heavy atom. The molecule has 2 N–H and O–H groups in total. The summed E-state index contributed by atoms with van der Waals surface area (Å²) in [7, 11) is 3.82. The summed E-state index contributed by atoms with van der Waals surface area (Å²) in [5.74, 6) is 0.927. The number of fused-ring (bicyclic) bond motifs is 1. The highest BCUT2D eigenvalue weighted by Gasteiger charge is 2.19. The summed E-state index contributed by atoms with van der Waals surface area (Å²) in [4.78, 5) is 2.22. The van der Waals surface area contributed by atoms with Crippen molar-refractivity contribution < 1.29 is 9.84 Å². The number of aliphatic hydroxyl groups is 1. The molecule has 22 heavy (non-hydrogen) atoms. The topological polar surface area (TPSA) is 44.7 Å². The Balaban J connectivity index is 1.88. The number of anilines is 1. The van der Waals surface area contributed by atoms with Crippen molar-refractivity contribution in [2.75, 3.05) is 38.8 Å². The lowest BCUT2D eigenvalue weighted by Crippen LogP contribution is -2.26. The van der Waals surface area contributed by atoms with Crippen molar-refractivity contribution in [2.45, 2.75) is 32.1 Å². The monoisotopic (exact) mass is 304 g/mol. The van der Waals surface area contributed by atoms with Crippen LogP contribution in [-0.4, -0.2) is 39.0 Å². The van der Waals surface area contributed by atoms with Crippen LogP contribution in [-0.2, 0) is 0 Å². The normalized spacial score (nSPS) is 13.6. The molecule has 0 unspecified atom stereocenters. The number of rotatable bonds is 9. The van der Waals surface area contributed by atoms with E-state index in [9.17, 15) is 0 Å². The number of benzene rings is 1. The number of nitrogens with one attached hydrogen (secondary N) is 1. The van der Waals surface area contributed by atoms with Crippen LogP contribution in [0.25, 0.3) is 5.70 Å². The molecule has 4 nitrogen and oxygen atoms in total. The van der Waals surface area contributed by atoms with Gasteiger partial charge in [-0.2, -0.15) is 0 Å². The van der Waals surface area contributed by atoms with E-state index in [0.29, 0.717) is 6.61 Å². The molecule has 1 aromatic rings. The number of para-hydroxylation sites is 1. The van der Waals surface area contributed by atoms with Crippen LogP contribution >= 0.6 is 0 Å². The van der Waals surface area contributed by atoms with Gasteiger partial charge in [0.25, 0.3) is 0 Å².